The summed E-state index contributed by atoms with van der Waals surface area (Å²) < 4.78 is 33.4. The lowest BCUT2D eigenvalue weighted by Gasteiger charge is -2.25. The highest BCUT2D eigenvalue weighted by Crippen LogP contribution is 2.27. The number of benzene rings is 1. The maximum absolute atomic E-state index is 14.0. The lowest BCUT2D eigenvalue weighted by molar-refractivity contribution is 0.0820. The highest BCUT2D eigenvalue weighted by atomic mass is 35.5. The highest BCUT2D eigenvalue weighted by molar-refractivity contribution is 6.17. The van der Waals surface area contributed by atoms with E-state index in [9.17, 15) is 8.78 Å². The summed E-state index contributed by atoms with van der Waals surface area (Å²) in [7, 11) is 0. The summed E-state index contributed by atoms with van der Waals surface area (Å²) in [6.07, 6.45) is 0.736. The van der Waals surface area contributed by atoms with Crippen molar-refractivity contribution in [3.63, 3.8) is 0 Å². The number of rotatable bonds is 2. The van der Waals surface area contributed by atoms with E-state index in [-0.39, 0.29) is 17.7 Å². The van der Waals surface area contributed by atoms with Crippen molar-refractivity contribution in [3.8, 4) is 0 Å². The van der Waals surface area contributed by atoms with Crippen LogP contribution in [0.3, 0.4) is 0 Å². The van der Waals surface area contributed by atoms with E-state index in [0.29, 0.717) is 25.3 Å². The summed E-state index contributed by atoms with van der Waals surface area (Å²) >= 11 is 5.59. The van der Waals surface area contributed by atoms with Crippen LogP contribution in [0.1, 0.15) is 18.9 Å². The van der Waals surface area contributed by atoms with Gasteiger partial charge in [0.1, 0.15) is 17.3 Å². The summed E-state index contributed by atoms with van der Waals surface area (Å²) in [5.41, 5.74) is 0.482. The van der Waals surface area contributed by atoms with Gasteiger partial charge in [0.05, 0.1) is 6.10 Å². The average molecular weight is 276 g/mol. The molecule has 1 fully saturated rings. The molecule has 0 aliphatic carbocycles. The van der Waals surface area contributed by atoms with Crippen molar-refractivity contribution in [2.24, 2.45) is 0 Å². The summed E-state index contributed by atoms with van der Waals surface area (Å²) in [6.45, 7) is 3.62. The maximum atomic E-state index is 14.0. The first-order chi connectivity index (χ1) is 8.61. The molecule has 1 atom stereocenters. The van der Waals surface area contributed by atoms with E-state index in [0.717, 1.165) is 6.42 Å². The molecule has 0 saturated carbocycles. The fraction of sp³-hybridized carbons (Fsp3) is 0.538. The van der Waals surface area contributed by atoms with E-state index in [1.165, 1.54) is 12.1 Å². The Morgan fingerprint density at radius 1 is 1.39 bits per heavy atom. The van der Waals surface area contributed by atoms with Crippen molar-refractivity contribution in [1.29, 1.82) is 0 Å². The molecule has 0 bridgehead atoms. The Morgan fingerprint density at radius 3 is 2.67 bits per heavy atom. The van der Waals surface area contributed by atoms with Crippen LogP contribution in [0.25, 0.3) is 0 Å². The molecule has 0 aromatic heterocycles. The van der Waals surface area contributed by atoms with Crippen LogP contribution in [0, 0.1) is 11.6 Å². The van der Waals surface area contributed by atoms with Gasteiger partial charge in [-0.2, -0.15) is 0 Å². The van der Waals surface area contributed by atoms with E-state index in [2.05, 4.69) is 0 Å². The number of halogens is 3. The minimum absolute atomic E-state index is 0.0287. The largest absolute Gasteiger partial charge is 0.377 e. The lowest BCUT2D eigenvalue weighted by Crippen LogP contribution is -2.31. The molecule has 1 heterocycles. The lowest BCUT2D eigenvalue weighted by atomic mass is 10.1. The first-order valence-corrected chi connectivity index (χ1v) is 6.55. The van der Waals surface area contributed by atoms with Gasteiger partial charge in [0.15, 0.2) is 0 Å². The third-order valence-electron chi connectivity index (χ3n) is 3.00. The molecule has 0 amide bonds. The SMILES string of the molecule is CC1CN(c2c(F)cc(CCl)cc2F)CCCO1. The molecule has 1 saturated heterocycles. The first-order valence-electron chi connectivity index (χ1n) is 6.02. The molecule has 0 radical (unpaired) electrons. The molecule has 100 valence electrons. The van der Waals surface area contributed by atoms with Gasteiger partial charge in [0.2, 0.25) is 0 Å². The molecule has 2 rings (SSSR count). The number of anilines is 1. The maximum Gasteiger partial charge on any atom is 0.149 e. The smallest absolute Gasteiger partial charge is 0.149 e. The summed E-state index contributed by atoms with van der Waals surface area (Å²) in [5.74, 6) is -1.01. The van der Waals surface area contributed by atoms with Crippen molar-refractivity contribution in [1.82, 2.24) is 0 Å². The molecule has 1 aromatic carbocycles. The number of nitrogens with zero attached hydrogens (tertiary/aromatic N) is 1. The van der Waals surface area contributed by atoms with Gasteiger partial charge < -0.3 is 9.64 Å². The predicted molar refractivity (Wildman–Crippen MR) is 68.2 cm³/mol. The zero-order valence-electron chi connectivity index (χ0n) is 10.3. The number of alkyl halides is 1. The van der Waals surface area contributed by atoms with Gasteiger partial charge >= 0.3 is 0 Å². The van der Waals surface area contributed by atoms with Gasteiger partial charge in [-0.15, -0.1) is 11.6 Å². The number of hydrogen-bond donors (Lipinski definition) is 0. The fourth-order valence-electron chi connectivity index (χ4n) is 2.19. The van der Waals surface area contributed by atoms with E-state index in [1.54, 1.807) is 4.90 Å². The second kappa shape index (κ2) is 5.85. The summed E-state index contributed by atoms with van der Waals surface area (Å²) in [6, 6.07) is 2.59. The summed E-state index contributed by atoms with van der Waals surface area (Å²) in [5, 5.41) is 0. The molecule has 0 spiro atoms. The molecular weight excluding hydrogens is 260 g/mol. The van der Waals surface area contributed by atoms with Gasteiger partial charge in [0, 0.05) is 25.6 Å². The fourth-order valence-corrected chi connectivity index (χ4v) is 2.35. The quantitative estimate of drug-likeness (QED) is 0.768. The molecule has 5 heteroatoms. The standard InChI is InChI=1S/C13H16ClF2NO/c1-9-8-17(3-2-4-18-9)13-11(15)5-10(7-14)6-12(13)16/h5-6,9H,2-4,7-8H2,1H3. The van der Waals surface area contributed by atoms with Crippen LogP contribution >= 0.6 is 11.6 Å². The van der Waals surface area contributed by atoms with E-state index in [1.807, 2.05) is 6.92 Å². The molecule has 1 aliphatic rings. The summed E-state index contributed by atoms with van der Waals surface area (Å²) in [4.78, 5) is 1.71. The van der Waals surface area contributed by atoms with E-state index < -0.39 is 11.6 Å². The van der Waals surface area contributed by atoms with Crippen LogP contribution < -0.4 is 4.90 Å². The van der Waals surface area contributed by atoms with Gasteiger partial charge in [-0.3, -0.25) is 0 Å². The number of ether oxygens (including phenoxy) is 1. The molecule has 18 heavy (non-hydrogen) atoms. The second-order valence-corrected chi connectivity index (χ2v) is 4.79. The van der Waals surface area contributed by atoms with Crippen LogP contribution in [-0.4, -0.2) is 25.8 Å². The molecular formula is C13H16ClF2NO. The van der Waals surface area contributed by atoms with E-state index >= 15 is 0 Å². The van der Waals surface area contributed by atoms with Crippen molar-refractivity contribution >= 4 is 17.3 Å². The van der Waals surface area contributed by atoms with Crippen molar-refractivity contribution < 1.29 is 13.5 Å². The van der Waals surface area contributed by atoms with E-state index in [4.69, 9.17) is 16.3 Å². The Bertz CT molecular complexity index is 404. The molecule has 1 unspecified atom stereocenters. The molecule has 0 N–H and O–H groups in total. The van der Waals surface area contributed by atoms with Gasteiger partial charge in [-0.1, -0.05) is 0 Å². The van der Waals surface area contributed by atoms with Crippen molar-refractivity contribution in [2.75, 3.05) is 24.6 Å². The normalized spacial score (nSPS) is 20.9. The highest BCUT2D eigenvalue weighted by Gasteiger charge is 2.22. The first kappa shape index (κ1) is 13.6. The zero-order valence-corrected chi connectivity index (χ0v) is 11.0. The predicted octanol–water partition coefficient (Wildman–Crippen LogP) is 3.32. The minimum atomic E-state index is -0.556. The Morgan fingerprint density at radius 2 is 2.06 bits per heavy atom. The third kappa shape index (κ3) is 2.93. The Labute approximate surface area is 110 Å². The van der Waals surface area contributed by atoms with Crippen LogP contribution in [0.4, 0.5) is 14.5 Å². The minimum Gasteiger partial charge on any atom is -0.377 e. The van der Waals surface area contributed by atoms with Gasteiger partial charge in [0.25, 0.3) is 0 Å². The molecule has 1 aliphatic heterocycles. The van der Waals surface area contributed by atoms with Crippen LogP contribution in [-0.2, 0) is 10.6 Å². The van der Waals surface area contributed by atoms with Crippen molar-refractivity contribution in [3.05, 3.63) is 29.3 Å². The van der Waals surface area contributed by atoms with Crippen LogP contribution in [0.15, 0.2) is 12.1 Å². The number of hydrogen-bond acceptors (Lipinski definition) is 2. The van der Waals surface area contributed by atoms with Crippen LogP contribution in [0.5, 0.6) is 0 Å². The second-order valence-electron chi connectivity index (χ2n) is 4.52. The Kier molecular flexibility index (Phi) is 4.40. The topological polar surface area (TPSA) is 12.5 Å². The Hall–Kier alpha value is -0.870. The zero-order chi connectivity index (χ0) is 13.1. The van der Waals surface area contributed by atoms with Crippen LogP contribution in [0.2, 0.25) is 0 Å². The molecule has 1 aromatic rings. The molecule has 2 nitrogen and oxygen atoms in total. The third-order valence-corrected chi connectivity index (χ3v) is 3.31. The van der Waals surface area contributed by atoms with Gasteiger partial charge in [-0.25, -0.2) is 8.78 Å². The average Bonchev–Trinajstić information content (AvgIpc) is 2.53. The Balaban J connectivity index is 2.31. The van der Waals surface area contributed by atoms with Crippen molar-refractivity contribution in [2.45, 2.75) is 25.3 Å². The van der Waals surface area contributed by atoms with Gasteiger partial charge in [-0.05, 0) is 31.0 Å². The monoisotopic (exact) mass is 275 g/mol.